The van der Waals surface area contributed by atoms with Gasteiger partial charge in [0.15, 0.2) is 6.29 Å². The van der Waals surface area contributed by atoms with Crippen LogP contribution in [0.15, 0.2) is 0 Å². The van der Waals surface area contributed by atoms with Crippen LogP contribution in [0.1, 0.15) is 20.3 Å². The monoisotopic (exact) mass is 190 g/mol. The molecule has 1 saturated heterocycles. The number of methoxy groups -OCH3 is 1. The van der Waals surface area contributed by atoms with Gasteiger partial charge in [-0.05, 0) is 13.8 Å². The van der Waals surface area contributed by atoms with Gasteiger partial charge in [0.05, 0.1) is 12.2 Å². The maximum absolute atomic E-state index is 9.33. The highest BCUT2D eigenvalue weighted by atomic mass is 16.6. The van der Waals surface area contributed by atoms with Crippen molar-refractivity contribution in [1.82, 2.24) is 0 Å². The minimum absolute atomic E-state index is 0.0613. The van der Waals surface area contributed by atoms with E-state index in [0.717, 1.165) is 0 Å². The van der Waals surface area contributed by atoms with Gasteiger partial charge in [-0.2, -0.15) is 0 Å². The van der Waals surface area contributed by atoms with E-state index < -0.39 is 6.29 Å². The minimum Gasteiger partial charge on any atom is -0.376 e. The third-order valence-electron chi connectivity index (χ3n) is 2.29. The predicted molar refractivity (Wildman–Crippen MR) is 47.4 cm³/mol. The lowest BCUT2D eigenvalue weighted by Crippen LogP contribution is -2.49. The van der Waals surface area contributed by atoms with Crippen molar-refractivity contribution >= 4 is 0 Å². The molecule has 0 bridgehead atoms. The zero-order valence-corrected chi connectivity index (χ0v) is 8.40. The van der Waals surface area contributed by atoms with Crippen LogP contribution in [-0.2, 0) is 14.2 Å². The lowest BCUT2D eigenvalue weighted by Gasteiger charge is -2.37. The third kappa shape index (κ3) is 2.64. The van der Waals surface area contributed by atoms with Crippen LogP contribution >= 0.6 is 0 Å². The molecule has 0 unspecified atom stereocenters. The van der Waals surface area contributed by atoms with Gasteiger partial charge in [0.2, 0.25) is 0 Å². The fourth-order valence-electron chi connectivity index (χ4n) is 1.74. The molecule has 1 N–H and O–H groups in total. The molecule has 1 heterocycles. The molecule has 1 aliphatic rings. The smallest absolute Gasteiger partial charge is 0.157 e. The summed E-state index contributed by atoms with van der Waals surface area (Å²) < 4.78 is 15.9. The van der Waals surface area contributed by atoms with E-state index in [1.54, 1.807) is 7.11 Å². The average Bonchev–Trinajstić information content (AvgIpc) is 2.04. The third-order valence-corrected chi connectivity index (χ3v) is 2.29. The molecule has 0 aromatic heterocycles. The molecule has 1 rings (SSSR count). The molecule has 0 saturated carbocycles. The van der Waals surface area contributed by atoms with Crippen molar-refractivity contribution in [3.8, 4) is 0 Å². The van der Waals surface area contributed by atoms with Gasteiger partial charge < -0.3 is 19.3 Å². The molecule has 0 aromatic rings. The van der Waals surface area contributed by atoms with Crippen LogP contribution in [0.5, 0.6) is 0 Å². The lowest BCUT2D eigenvalue weighted by molar-refractivity contribution is -0.241. The molecule has 4 nitrogen and oxygen atoms in total. The molecule has 0 radical (unpaired) electrons. The highest BCUT2D eigenvalue weighted by Crippen LogP contribution is 2.23. The highest BCUT2D eigenvalue weighted by molar-refractivity contribution is 4.82. The molecule has 0 aliphatic carbocycles. The van der Waals surface area contributed by atoms with E-state index in [0.29, 0.717) is 13.0 Å². The van der Waals surface area contributed by atoms with Crippen molar-refractivity contribution in [1.29, 1.82) is 0 Å². The Labute approximate surface area is 78.8 Å². The fraction of sp³-hybridized carbons (Fsp3) is 1.00. The van der Waals surface area contributed by atoms with Crippen LogP contribution in [-0.4, -0.2) is 43.4 Å². The standard InChI is InChI=1S/C9H18O4/c1-4-12-7-5-8(10)13-6(2)9(7)11-3/h6-10H,4-5H2,1-3H3/t6-,7-,8+,9-/m0/s1. The van der Waals surface area contributed by atoms with Crippen LogP contribution in [0.25, 0.3) is 0 Å². The zero-order valence-electron chi connectivity index (χ0n) is 8.40. The Bertz CT molecular complexity index is 151. The summed E-state index contributed by atoms with van der Waals surface area (Å²) in [6, 6.07) is 0. The maximum atomic E-state index is 9.33. The molecule has 1 fully saturated rings. The summed E-state index contributed by atoms with van der Waals surface area (Å²) in [7, 11) is 1.63. The quantitative estimate of drug-likeness (QED) is 0.705. The van der Waals surface area contributed by atoms with E-state index in [4.69, 9.17) is 14.2 Å². The lowest BCUT2D eigenvalue weighted by atomic mass is 10.0. The van der Waals surface area contributed by atoms with Gasteiger partial charge in [-0.15, -0.1) is 0 Å². The number of ether oxygens (including phenoxy) is 3. The van der Waals surface area contributed by atoms with Gasteiger partial charge in [-0.25, -0.2) is 0 Å². The zero-order chi connectivity index (χ0) is 9.84. The Hall–Kier alpha value is -0.160. The number of rotatable bonds is 3. The van der Waals surface area contributed by atoms with E-state index >= 15 is 0 Å². The van der Waals surface area contributed by atoms with Gasteiger partial charge in [0, 0.05) is 20.1 Å². The first kappa shape index (κ1) is 10.9. The molecule has 0 aromatic carbocycles. The molecule has 13 heavy (non-hydrogen) atoms. The van der Waals surface area contributed by atoms with E-state index in [2.05, 4.69) is 0 Å². The van der Waals surface area contributed by atoms with Crippen LogP contribution in [0.2, 0.25) is 0 Å². The van der Waals surface area contributed by atoms with Gasteiger partial charge >= 0.3 is 0 Å². The van der Waals surface area contributed by atoms with E-state index in [-0.39, 0.29) is 18.3 Å². The molecular formula is C9H18O4. The van der Waals surface area contributed by atoms with Crippen LogP contribution in [0.3, 0.4) is 0 Å². The Kier molecular flexibility index (Phi) is 4.12. The van der Waals surface area contributed by atoms with E-state index in [1.807, 2.05) is 13.8 Å². The first-order chi connectivity index (χ1) is 6.19. The highest BCUT2D eigenvalue weighted by Gasteiger charge is 2.36. The molecule has 4 atom stereocenters. The second kappa shape index (κ2) is 4.91. The summed E-state index contributed by atoms with van der Waals surface area (Å²) in [6.07, 6.45) is -0.503. The van der Waals surface area contributed by atoms with Gasteiger partial charge in [-0.1, -0.05) is 0 Å². The van der Waals surface area contributed by atoms with Crippen LogP contribution in [0.4, 0.5) is 0 Å². The molecular weight excluding hydrogens is 172 g/mol. The first-order valence-electron chi connectivity index (χ1n) is 4.67. The summed E-state index contributed by atoms with van der Waals surface area (Å²) in [5, 5.41) is 9.33. The maximum Gasteiger partial charge on any atom is 0.157 e. The minimum atomic E-state index is -0.724. The molecule has 0 spiro atoms. The number of aliphatic hydroxyl groups is 1. The fourth-order valence-corrected chi connectivity index (χ4v) is 1.74. The molecule has 0 amide bonds. The van der Waals surface area contributed by atoms with Crippen molar-refractivity contribution in [2.45, 2.75) is 44.9 Å². The summed E-state index contributed by atoms with van der Waals surface area (Å²) in [5.41, 5.74) is 0. The number of hydrogen-bond donors (Lipinski definition) is 1. The summed E-state index contributed by atoms with van der Waals surface area (Å²) in [5.74, 6) is 0. The van der Waals surface area contributed by atoms with Gasteiger partial charge in [-0.3, -0.25) is 0 Å². The normalized spacial score (nSPS) is 40.6. The SMILES string of the molecule is CCO[C@H]1C[C@H](O)O[C@@H](C)[C@@H]1OC. The predicted octanol–water partition coefficient (Wildman–Crippen LogP) is 0.534. The first-order valence-corrected chi connectivity index (χ1v) is 4.67. The van der Waals surface area contributed by atoms with Crippen LogP contribution in [0, 0.1) is 0 Å². The topological polar surface area (TPSA) is 47.9 Å². The largest absolute Gasteiger partial charge is 0.376 e. The number of aliphatic hydroxyl groups excluding tert-OH is 1. The number of hydrogen-bond acceptors (Lipinski definition) is 4. The Morgan fingerprint density at radius 3 is 2.77 bits per heavy atom. The second-order valence-electron chi connectivity index (χ2n) is 3.23. The van der Waals surface area contributed by atoms with Crippen molar-refractivity contribution in [2.24, 2.45) is 0 Å². The van der Waals surface area contributed by atoms with Crippen molar-refractivity contribution in [3.05, 3.63) is 0 Å². The van der Waals surface area contributed by atoms with Crippen molar-refractivity contribution in [3.63, 3.8) is 0 Å². The summed E-state index contributed by atoms with van der Waals surface area (Å²) >= 11 is 0. The second-order valence-corrected chi connectivity index (χ2v) is 3.23. The van der Waals surface area contributed by atoms with Crippen LogP contribution < -0.4 is 0 Å². The van der Waals surface area contributed by atoms with Gasteiger partial charge in [0.25, 0.3) is 0 Å². The van der Waals surface area contributed by atoms with Gasteiger partial charge in [0.1, 0.15) is 6.10 Å². The molecule has 4 heteroatoms. The van der Waals surface area contributed by atoms with E-state index in [9.17, 15) is 5.11 Å². The Morgan fingerprint density at radius 2 is 2.23 bits per heavy atom. The average molecular weight is 190 g/mol. The van der Waals surface area contributed by atoms with Crippen molar-refractivity contribution < 1.29 is 19.3 Å². The summed E-state index contributed by atoms with van der Waals surface area (Å²) in [4.78, 5) is 0. The molecule has 1 aliphatic heterocycles. The Balaban J connectivity index is 2.54. The van der Waals surface area contributed by atoms with Crippen molar-refractivity contribution in [2.75, 3.05) is 13.7 Å². The molecule has 78 valence electrons. The Morgan fingerprint density at radius 1 is 1.54 bits per heavy atom. The van der Waals surface area contributed by atoms with E-state index in [1.165, 1.54) is 0 Å². The summed E-state index contributed by atoms with van der Waals surface area (Å²) in [6.45, 7) is 4.44.